The van der Waals surface area contributed by atoms with Gasteiger partial charge in [-0.1, -0.05) is 6.07 Å². The van der Waals surface area contributed by atoms with Crippen LogP contribution in [0.3, 0.4) is 0 Å². The third-order valence-corrected chi connectivity index (χ3v) is 4.24. The van der Waals surface area contributed by atoms with Crippen LogP contribution in [0.25, 0.3) is 0 Å². The zero-order valence-corrected chi connectivity index (χ0v) is 12.1. The summed E-state index contributed by atoms with van der Waals surface area (Å²) >= 11 is 8.18. The monoisotopic (exact) mass is 282 g/mol. The molecule has 0 saturated carbocycles. The smallest absolute Gasteiger partial charge is 0.161 e. The molecule has 1 aromatic heterocycles. The molecule has 0 fully saturated rings. The number of halogens is 1. The van der Waals surface area contributed by atoms with Gasteiger partial charge in [0.15, 0.2) is 11.5 Å². The van der Waals surface area contributed by atoms with E-state index < -0.39 is 0 Å². The summed E-state index contributed by atoms with van der Waals surface area (Å²) in [6.45, 7) is 2.07. The van der Waals surface area contributed by atoms with Crippen LogP contribution in [0.4, 0.5) is 0 Å². The molecule has 1 atom stereocenters. The van der Waals surface area contributed by atoms with Crippen molar-refractivity contribution in [1.82, 2.24) is 0 Å². The summed E-state index contributed by atoms with van der Waals surface area (Å²) < 4.78 is 10.5. The van der Waals surface area contributed by atoms with Gasteiger partial charge < -0.3 is 9.47 Å². The molecule has 0 saturated heterocycles. The Morgan fingerprint density at radius 1 is 1.11 bits per heavy atom. The maximum absolute atomic E-state index is 6.51. The van der Waals surface area contributed by atoms with E-state index in [-0.39, 0.29) is 5.38 Å². The molecule has 0 spiro atoms. The topological polar surface area (TPSA) is 18.5 Å². The van der Waals surface area contributed by atoms with E-state index in [1.807, 2.05) is 18.2 Å². The van der Waals surface area contributed by atoms with Crippen LogP contribution < -0.4 is 9.47 Å². The average Bonchev–Trinajstić information content (AvgIpc) is 2.83. The second kappa shape index (κ2) is 5.63. The summed E-state index contributed by atoms with van der Waals surface area (Å²) in [4.78, 5) is 0. The van der Waals surface area contributed by atoms with Gasteiger partial charge in [-0.05, 0) is 46.5 Å². The average molecular weight is 283 g/mol. The minimum absolute atomic E-state index is 0.156. The fourth-order valence-electron chi connectivity index (χ4n) is 1.82. The molecule has 2 aromatic rings. The lowest BCUT2D eigenvalue weighted by atomic mass is 10.0. The molecule has 18 heavy (non-hydrogen) atoms. The van der Waals surface area contributed by atoms with Crippen molar-refractivity contribution in [2.24, 2.45) is 0 Å². The Bertz CT molecular complexity index is 536. The molecule has 2 rings (SSSR count). The number of thiophene rings is 1. The van der Waals surface area contributed by atoms with E-state index in [0.29, 0.717) is 11.5 Å². The second-order valence-corrected chi connectivity index (χ2v) is 5.17. The lowest BCUT2D eigenvalue weighted by molar-refractivity contribution is 0.354. The number of aryl methyl sites for hydroxylation is 1. The largest absolute Gasteiger partial charge is 0.493 e. The summed E-state index contributed by atoms with van der Waals surface area (Å²) in [6, 6.07) is 5.77. The van der Waals surface area contributed by atoms with E-state index in [1.54, 1.807) is 25.6 Å². The maximum atomic E-state index is 6.51. The maximum Gasteiger partial charge on any atom is 0.161 e. The first kappa shape index (κ1) is 13.2. The van der Waals surface area contributed by atoms with Gasteiger partial charge in [-0.3, -0.25) is 0 Å². The zero-order chi connectivity index (χ0) is 13.1. The van der Waals surface area contributed by atoms with Gasteiger partial charge in [-0.15, -0.1) is 11.6 Å². The minimum atomic E-state index is -0.156. The van der Waals surface area contributed by atoms with Gasteiger partial charge in [0, 0.05) is 0 Å². The molecule has 1 heterocycles. The highest BCUT2D eigenvalue weighted by molar-refractivity contribution is 7.08. The van der Waals surface area contributed by atoms with E-state index in [2.05, 4.69) is 17.7 Å². The zero-order valence-electron chi connectivity index (χ0n) is 10.6. The Morgan fingerprint density at radius 2 is 1.83 bits per heavy atom. The molecule has 0 radical (unpaired) electrons. The molecule has 2 nitrogen and oxygen atoms in total. The summed E-state index contributed by atoms with van der Waals surface area (Å²) in [5, 5.41) is 4.03. The van der Waals surface area contributed by atoms with E-state index in [0.717, 1.165) is 11.1 Å². The van der Waals surface area contributed by atoms with Crippen LogP contribution >= 0.6 is 22.9 Å². The van der Waals surface area contributed by atoms with Gasteiger partial charge in [0.05, 0.1) is 19.6 Å². The Labute approximate surface area is 116 Å². The number of alkyl halides is 1. The van der Waals surface area contributed by atoms with Crippen LogP contribution in [0.15, 0.2) is 29.0 Å². The third-order valence-electron chi connectivity index (χ3n) is 2.87. The van der Waals surface area contributed by atoms with Crippen LogP contribution in [0.1, 0.15) is 22.1 Å². The van der Waals surface area contributed by atoms with Crippen molar-refractivity contribution >= 4 is 22.9 Å². The first-order valence-electron chi connectivity index (χ1n) is 5.56. The van der Waals surface area contributed by atoms with Crippen LogP contribution in [-0.4, -0.2) is 14.2 Å². The molecule has 1 aromatic carbocycles. The van der Waals surface area contributed by atoms with Crippen LogP contribution in [-0.2, 0) is 0 Å². The Balaban J connectivity index is 2.37. The first-order chi connectivity index (χ1) is 8.67. The summed E-state index contributed by atoms with van der Waals surface area (Å²) in [6.07, 6.45) is 0. The van der Waals surface area contributed by atoms with Crippen LogP contribution in [0.5, 0.6) is 11.5 Å². The molecule has 0 amide bonds. The van der Waals surface area contributed by atoms with Crippen LogP contribution in [0, 0.1) is 6.92 Å². The Kier molecular flexibility index (Phi) is 4.15. The molecule has 96 valence electrons. The van der Waals surface area contributed by atoms with Crippen molar-refractivity contribution in [1.29, 1.82) is 0 Å². The lowest BCUT2D eigenvalue weighted by Crippen LogP contribution is -1.96. The summed E-state index contributed by atoms with van der Waals surface area (Å²) in [7, 11) is 3.25. The lowest BCUT2D eigenvalue weighted by Gasteiger charge is -2.13. The molecule has 1 unspecified atom stereocenters. The first-order valence-corrected chi connectivity index (χ1v) is 6.94. The van der Waals surface area contributed by atoms with Crippen LogP contribution in [0.2, 0.25) is 0 Å². The number of benzene rings is 1. The summed E-state index contributed by atoms with van der Waals surface area (Å²) in [5.74, 6) is 1.42. The fourth-order valence-corrected chi connectivity index (χ4v) is 3.14. The highest BCUT2D eigenvalue weighted by Crippen LogP contribution is 2.37. The van der Waals surface area contributed by atoms with Gasteiger partial charge >= 0.3 is 0 Å². The number of methoxy groups -OCH3 is 2. The molecule has 4 heteroatoms. The van der Waals surface area contributed by atoms with Gasteiger partial charge in [0.1, 0.15) is 0 Å². The molecule has 0 bridgehead atoms. The van der Waals surface area contributed by atoms with Crippen molar-refractivity contribution < 1.29 is 9.47 Å². The highest BCUT2D eigenvalue weighted by Gasteiger charge is 2.16. The van der Waals surface area contributed by atoms with Gasteiger partial charge in [-0.25, -0.2) is 0 Å². The molecular weight excluding hydrogens is 268 g/mol. The van der Waals surface area contributed by atoms with Crippen molar-refractivity contribution in [2.45, 2.75) is 12.3 Å². The number of rotatable bonds is 4. The summed E-state index contributed by atoms with van der Waals surface area (Å²) in [5.41, 5.74) is 3.37. The number of hydrogen-bond acceptors (Lipinski definition) is 3. The second-order valence-electron chi connectivity index (χ2n) is 3.99. The van der Waals surface area contributed by atoms with Crippen molar-refractivity contribution in [3.63, 3.8) is 0 Å². The highest BCUT2D eigenvalue weighted by atomic mass is 35.5. The van der Waals surface area contributed by atoms with E-state index in [4.69, 9.17) is 21.1 Å². The molecule has 0 aliphatic carbocycles. The fraction of sp³-hybridized carbons (Fsp3) is 0.286. The standard InChI is InChI=1S/C14H15ClO2S/c1-9-7-18-8-11(9)14(15)10-4-5-12(16-2)13(6-10)17-3/h4-8,14H,1-3H3. The minimum Gasteiger partial charge on any atom is -0.493 e. The van der Waals surface area contributed by atoms with Gasteiger partial charge in [0.2, 0.25) is 0 Å². The predicted molar refractivity (Wildman–Crippen MR) is 76.3 cm³/mol. The quantitative estimate of drug-likeness (QED) is 0.774. The van der Waals surface area contributed by atoms with E-state index in [1.165, 1.54) is 5.56 Å². The third kappa shape index (κ3) is 2.47. The van der Waals surface area contributed by atoms with Gasteiger partial charge in [-0.2, -0.15) is 11.3 Å². The molecule has 0 aliphatic heterocycles. The van der Waals surface area contributed by atoms with Gasteiger partial charge in [0.25, 0.3) is 0 Å². The molecule has 0 N–H and O–H groups in total. The normalized spacial score (nSPS) is 12.2. The Hall–Kier alpha value is -1.19. The van der Waals surface area contributed by atoms with E-state index >= 15 is 0 Å². The molecular formula is C14H15ClO2S. The van der Waals surface area contributed by atoms with E-state index in [9.17, 15) is 0 Å². The molecule has 0 aliphatic rings. The Morgan fingerprint density at radius 3 is 2.39 bits per heavy atom. The van der Waals surface area contributed by atoms with Crippen molar-refractivity contribution in [3.05, 3.63) is 45.6 Å². The number of ether oxygens (including phenoxy) is 2. The predicted octanol–water partition coefficient (Wildman–Crippen LogP) is 4.40. The SMILES string of the molecule is COc1ccc(C(Cl)c2cscc2C)cc1OC. The van der Waals surface area contributed by atoms with Crippen molar-refractivity contribution in [2.75, 3.05) is 14.2 Å². The van der Waals surface area contributed by atoms with Crippen molar-refractivity contribution in [3.8, 4) is 11.5 Å². The number of hydrogen-bond donors (Lipinski definition) is 0.